The number of aryl methyl sites for hydroxylation is 2. The van der Waals surface area contributed by atoms with Crippen LogP contribution in [0.25, 0.3) is 0 Å². The van der Waals surface area contributed by atoms with Crippen LogP contribution in [-0.4, -0.2) is 33.1 Å². The smallest absolute Gasteiger partial charge is 0.316 e. The first-order valence-electron chi connectivity index (χ1n) is 8.41. The first-order chi connectivity index (χ1) is 11.9. The Bertz CT molecular complexity index is 710. The van der Waals surface area contributed by atoms with E-state index < -0.39 is 0 Å². The third-order valence-electron chi connectivity index (χ3n) is 3.56. The standard InChI is InChI=1S/C18H25N3O3S/c1-6-21-17(19-20-18(21)25-11-16(22)23-7-2)14(5)24-15-9-12(3)8-13(4)10-15/h8-10,14H,6-7,11H2,1-5H3. The number of aromatic nitrogens is 3. The summed E-state index contributed by atoms with van der Waals surface area (Å²) in [5.74, 6) is 1.53. The van der Waals surface area contributed by atoms with Gasteiger partial charge in [-0.3, -0.25) is 4.79 Å². The molecule has 0 aliphatic heterocycles. The molecule has 1 aromatic heterocycles. The van der Waals surface area contributed by atoms with Crippen LogP contribution in [0.2, 0.25) is 0 Å². The Labute approximate surface area is 152 Å². The topological polar surface area (TPSA) is 66.2 Å². The predicted octanol–water partition coefficient (Wildman–Crippen LogP) is 3.71. The Kier molecular flexibility index (Phi) is 6.87. The summed E-state index contributed by atoms with van der Waals surface area (Å²) in [7, 11) is 0. The van der Waals surface area contributed by atoms with E-state index in [4.69, 9.17) is 9.47 Å². The van der Waals surface area contributed by atoms with Crippen molar-refractivity contribution < 1.29 is 14.3 Å². The second-order valence-corrected chi connectivity index (χ2v) is 6.70. The third-order valence-corrected chi connectivity index (χ3v) is 4.50. The Morgan fingerprint density at radius 1 is 1.20 bits per heavy atom. The van der Waals surface area contributed by atoms with Crippen LogP contribution in [-0.2, 0) is 16.1 Å². The van der Waals surface area contributed by atoms with Crippen LogP contribution in [0.15, 0.2) is 23.4 Å². The van der Waals surface area contributed by atoms with Gasteiger partial charge in [-0.25, -0.2) is 0 Å². The average Bonchev–Trinajstić information content (AvgIpc) is 2.95. The van der Waals surface area contributed by atoms with Crippen LogP contribution in [0.3, 0.4) is 0 Å². The highest BCUT2D eigenvalue weighted by atomic mass is 32.2. The highest BCUT2D eigenvalue weighted by Gasteiger charge is 2.19. The van der Waals surface area contributed by atoms with Crippen molar-refractivity contribution in [3.05, 3.63) is 35.2 Å². The quantitative estimate of drug-likeness (QED) is 0.526. The van der Waals surface area contributed by atoms with Gasteiger partial charge in [0.25, 0.3) is 0 Å². The van der Waals surface area contributed by atoms with E-state index in [1.165, 1.54) is 11.8 Å². The van der Waals surface area contributed by atoms with Gasteiger partial charge in [-0.2, -0.15) is 0 Å². The van der Waals surface area contributed by atoms with Crippen LogP contribution < -0.4 is 4.74 Å². The maximum atomic E-state index is 11.5. The number of carbonyl (C=O) groups excluding carboxylic acids is 1. The van der Waals surface area contributed by atoms with Crippen LogP contribution >= 0.6 is 11.8 Å². The lowest BCUT2D eigenvalue weighted by Crippen LogP contribution is -2.13. The zero-order valence-corrected chi connectivity index (χ0v) is 16.2. The molecule has 0 bridgehead atoms. The molecule has 0 saturated carbocycles. The molecular weight excluding hydrogens is 338 g/mol. The van der Waals surface area contributed by atoms with Crippen molar-refractivity contribution in [2.24, 2.45) is 0 Å². The number of benzene rings is 1. The maximum absolute atomic E-state index is 11.5. The fourth-order valence-electron chi connectivity index (χ4n) is 2.59. The number of thioether (sulfide) groups is 1. The summed E-state index contributed by atoms with van der Waals surface area (Å²) < 4.78 is 13.0. The van der Waals surface area contributed by atoms with Crippen molar-refractivity contribution in [2.45, 2.75) is 52.4 Å². The first kappa shape index (κ1) is 19.3. The Hall–Kier alpha value is -2.02. The lowest BCUT2D eigenvalue weighted by atomic mass is 10.1. The van der Waals surface area contributed by atoms with Crippen molar-refractivity contribution in [1.82, 2.24) is 14.8 Å². The monoisotopic (exact) mass is 363 g/mol. The van der Waals surface area contributed by atoms with Crippen molar-refractivity contribution >= 4 is 17.7 Å². The summed E-state index contributed by atoms with van der Waals surface area (Å²) >= 11 is 1.33. The molecule has 2 rings (SSSR count). The summed E-state index contributed by atoms with van der Waals surface area (Å²) in [6.07, 6.45) is -0.245. The van der Waals surface area contributed by atoms with Crippen molar-refractivity contribution in [1.29, 1.82) is 0 Å². The van der Waals surface area contributed by atoms with Crippen molar-refractivity contribution in [2.75, 3.05) is 12.4 Å². The van der Waals surface area contributed by atoms with Crippen LogP contribution in [0.5, 0.6) is 5.75 Å². The third kappa shape index (κ3) is 5.22. The van der Waals surface area contributed by atoms with Gasteiger partial charge in [0.1, 0.15) is 5.75 Å². The Balaban J connectivity index is 2.11. The molecular formula is C18H25N3O3S. The van der Waals surface area contributed by atoms with E-state index in [1.807, 2.05) is 44.4 Å². The van der Waals surface area contributed by atoms with Crippen LogP contribution in [0, 0.1) is 13.8 Å². The minimum atomic E-state index is -0.251. The molecule has 1 unspecified atom stereocenters. The lowest BCUT2D eigenvalue weighted by Gasteiger charge is -2.16. The number of hydrogen-bond donors (Lipinski definition) is 0. The van der Waals surface area contributed by atoms with Gasteiger partial charge in [0.2, 0.25) is 0 Å². The molecule has 0 fully saturated rings. The molecule has 2 aromatic rings. The first-order valence-corrected chi connectivity index (χ1v) is 9.39. The molecule has 6 nitrogen and oxygen atoms in total. The molecule has 1 aromatic carbocycles. The van der Waals surface area contributed by atoms with E-state index in [1.54, 1.807) is 6.92 Å². The molecule has 0 spiro atoms. The number of nitrogens with zero attached hydrogens (tertiary/aromatic N) is 3. The number of carbonyl (C=O) groups is 1. The maximum Gasteiger partial charge on any atom is 0.316 e. The van der Waals surface area contributed by atoms with Gasteiger partial charge in [-0.05, 0) is 57.9 Å². The Morgan fingerprint density at radius 2 is 1.88 bits per heavy atom. The highest BCUT2D eigenvalue weighted by molar-refractivity contribution is 7.99. The van der Waals surface area contributed by atoms with Gasteiger partial charge in [0, 0.05) is 6.54 Å². The second kappa shape index (κ2) is 8.89. The molecule has 0 N–H and O–H groups in total. The molecule has 136 valence electrons. The fraction of sp³-hybridized carbons (Fsp3) is 0.500. The molecule has 7 heteroatoms. The van der Waals surface area contributed by atoms with Gasteiger partial charge < -0.3 is 14.0 Å². The van der Waals surface area contributed by atoms with E-state index in [9.17, 15) is 4.79 Å². The minimum absolute atomic E-state index is 0.221. The summed E-state index contributed by atoms with van der Waals surface area (Å²) in [6.45, 7) is 10.9. The van der Waals surface area contributed by atoms with Crippen LogP contribution in [0.1, 0.15) is 43.8 Å². The molecule has 0 aliphatic rings. The van der Waals surface area contributed by atoms with E-state index in [0.717, 1.165) is 22.7 Å². The molecule has 0 aliphatic carbocycles. The van der Waals surface area contributed by atoms with Crippen LogP contribution in [0.4, 0.5) is 0 Å². The molecule has 1 heterocycles. The van der Waals surface area contributed by atoms with E-state index >= 15 is 0 Å². The summed E-state index contributed by atoms with van der Waals surface area (Å²) in [5.41, 5.74) is 2.31. The number of rotatable bonds is 8. The average molecular weight is 363 g/mol. The number of esters is 1. The number of ether oxygens (including phenoxy) is 2. The number of hydrogen-bond acceptors (Lipinski definition) is 6. The zero-order valence-electron chi connectivity index (χ0n) is 15.4. The molecule has 1 atom stereocenters. The van der Waals surface area contributed by atoms with E-state index in [0.29, 0.717) is 18.3 Å². The zero-order chi connectivity index (χ0) is 18.4. The summed E-state index contributed by atoms with van der Waals surface area (Å²) in [6, 6.07) is 6.12. The molecule has 0 saturated heterocycles. The normalized spacial score (nSPS) is 12.0. The van der Waals surface area contributed by atoms with Gasteiger partial charge >= 0.3 is 5.97 Å². The molecule has 25 heavy (non-hydrogen) atoms. The fourth-order valence-corrected chi connectivity index (χ4v) is 3.40. The van der Waals surface area contributed by atoms with Gasteiger partial charge in [-0.15, -0.1) is 10.2 Å². The minimum Gasteiger partial charge on any atom is -0.483 e. The van der Waals surface area contributed by atoms with Gasteiger partial charge in [0.15, 0.2) is 17.1 Å². The largest absolute Gasteiger partial charge is 0.483 e. The SMILES string of the molecule is CCOC(=O)CSc1nnc(C(C)Oc2cc(C)cc(C)c2)n1CC. The summed E-state index contributed by atoms with van der Waals surface area (Å²) in [5, 5.41) is 9.17. The summed E-state index contributed by atoms with van der Waals surface area (Å²) in [4.78, 5) is 11.5. The molecule has 0 radical (unpaired) electrons. The van der Waals surface area contributed by atoms with Crippen molar-refractivity contribution in [3.8, 4) is 5.75 Å². The lowest BCUT2D eigenvalue weighted by molar-refractivity contribution is -0.139. The predicted molar refractivity (Wildman–Crippen MR) is 98.0 cm³/mol. The van der Waals surface area contributed by atoms with E-state index in [2.05, 4.69) is 16.3 Å². The molecule has 0 amide bonds. The van der Waals surface area contributed by atoms with E-state index in [-0.39, 0.29) is 17.8 Å². The van der Waals surface area contributed by atoms with Gasteiger partial charge in [-0.1, -0.05) is 17.8 Å². The Morgan fingerprint density at radius 3 is 2.48 bits per heavy atom. The van der Waals surface area contributed by atoms with Crippen molar-refractivity contribution in [3.63, 3.8) is 0 Å². The van der Waals surface area contributed by atoms with Gasteiger partial charge in [0.05, 0.1) is 12.4 Å². The highest BCUT2D eigenvalue weighted by Crippen LogP contribution is 2.26. The second-order valence-electron chi connectivity index (χ2n) is 5.76.